The lowest BCUT2D eigenvalue weighted by molar-refractivity contribution is -0.385. The Morgan fingerprint density at radius 2 is 2.31 bits per heavy atom. The molecule has 3 N–H and O–H groups in total. The van der Waals surface area contributed by atoms with Crippen LogP contribution in [0.15, 0.2) is 18.2 Å². The number of nitro benzene ring substituents is 1. The van der Waals surface area contributed by atoms with Crippen molar-refractivity contribution in [3.8, 4) is 0 Å². The van der Waals surface area contributed by atoms with Crippen LogP contribution < -0.4 is 11.1 Å². The minimum atomic E-state index is -0.381. The lowest BCUT2D eigenvalue weighted by Crippen LogP contribution is -2.19. The van der Waals surface area contributed by atoms with E-state index in [1.165, 1.54) is 6.07 Å². The van der Waals surface area contributed by atoms with Crippen molar-refractivity contribution in [1.82, 2.24) is 0 Å². The van der Waals surface area contributed by atoms with E-state index < -0.39 is 0 Å². The van der Waals surface area contributed by atoms with Gasteiger partial charge < -0.3 is 11.1 Å². The van der Waals surface area contributed by atoms with Gasteiger partial charge in [0.05, 0.1) is 8.49 Å². The lowest BCUT2D eigenvalue weighted by atomic mass is 10.2. The number of benzene rings is 1. The minimum absolute atomic E-state index is 0.137. The van der Waals surface area contributed by atoms with Gasteiger partial charge in [0.2, 0.25) is 0 Å². The molecular formula is C10H14IN3O2. The standard InChI is InChI=1S/C10H14IN3O2/c1-7(12)4-5-13-8-2-3-10(14(15)16)9(11)6-8/h2-3,6-7,13H,4-5,12H2,1H3. The summed E-state index contributed by atoms with van der Waals surface area (Å²) in [7, 11) is 0. The van der Waals surface area contributed by atoms with Gasteiger partial charge in [-0.25, -0.2) is 0 Å². The second-order valence-corrected chi connectivity index (χ2v) is 4.78. The van der Waals surface area contributed by atoms with E-state index in [1.54, 1.807) is 12.1 Å². The van der Waals surface area contributed by atoms with Crippen LogP contribution in [0.4, 0.5) is 11.4 Å². The molecule has 0 saturated carbocycles. The number of halogens is 1. The molecule has 1 atom stereocenters. The van der Waals surface area contributed by atoms with E-state index in [9.17, 15) is 10.1 Å². The van der Waals surface area contributed by atoms with Crippen molar-refractivity contribution in [3.05, 3.63) is 31.9 Å². The molecule has 88 valence electrons. The molecule has 0 aliphatic carbocycles. The third kappa shape index (κ3) is 3.93. The second-order valence-electron chi connectivity index (χ2n) is 3.62. The first-order valence-corrected chi connectivity index (χ1v) is 6.02. The highest BCUT2D eigenvalue weighted by Crippen LogP contribution is 2.23. The van der Waals surface area contributed by atoms with Gasteiger partial charge in [-0.1, -0.05) is 0 Å². The van der Waals surface area contributed by atoms with E-state index >= 15 is 0 Å². The number of hydrogen-bond donors (Lipinski definition) is 2. The van der Waals surface area contributed by atoms with E-state index in [0.29, 0.717) is 3.57 Å². The van der Waals surface area contributed by atoms with Crippen molar-refractivity contribution >= 4 is 34.0 Å². The third-order valence-corrected chi connectivity index (χ3v) is 2.94. The first kappa shape index (κ1) is 13.2. The van der Waals surface area contributed by atoms with Crippen LogP contribution >= 0.6 is 22.6 Å². The molecule has 6 heteroatoms. The van der Waals surface area contributed by atoms with E-state index in [4.69, 9.17) is 5.73 Å². The zero-order chi connectivity index (χ0) is 12.1. The summed E-state index contributed by atoms with van der Waals surface area (Å²) in [5.74, 6) is 0. The zero-order valence-corrected chi connectivity index (χ0v) is 11.1. The number of rotatable bonds is 5. The summed E-state index contributed by atoms with van der Waals surface area (Å²) in [6, 6.07) is 5.14. The lowest BCUT2D eigenvalue weighted by Gasteiger charge is -2.08. The minimum Gasteiger partial charge on any atom is -0.385 e. The molecule has 0 amide bonds. The molecule has 0 aliphatic rings. The average Bonchev–Trinajstić information content (AvgIpc) is 2.16. The van der Waals surface area contributed by atoms with Crippen LogP contribution in [0.3, 0.4) is 0 Å². The molecule has 0 aliphatic heterocycles. The summed E-state index contributed by atoms with van der Waals surface area (Å²) < 4.78 is 0.633. The molecule has 0 radical (unpaired) electrons. The quantitative estimate of drug-likeness (QED) is 0.492. The van der Waals surface area contributed by atoms with Gasteiger partial charge in [-0.05, 0) is 48.1 Å². The molecule has 0 spiro atoms. The first-order chi connectivity index (χ1) is 7.50. The summed E-state index contributed by atoms with van der Waals surface area (Å²) in [5.41, 5.74) is 6.64. The van der Waals surface area contributed by atoms with Crippen LogP contribution in [0.25, 0.3) is 0 Å². The largest absolute Gasteiger partial charge is 0.385 e. The van der Waals surface area contributed by atoms with Crippen LogP contribution in [0, 0.1) is 13.7 Å². The van der Waals surface area contributed by atoms with Gasteiger partial charge >= 0.3 is 0 Å². The number of nitrogens with zero attached hydrogens (tertiary/aromatic N) is 1. The normalized spacial score (nSPS) is 12.2. The molecular weight excluding hydrogens is 321 g/mol. The molecule has 1 aromatic carbocycles. The topological polar surface area (TPSA) is 81.2 Å². The Bertz CT molecular complexity index is 382. The van der Waals surface area contributed by atoms with Crippen LogP contribution in [-0.2, 0) is 0 Å². The van der Waals surface area contributed by atoms with Crippen LogP contribution in [-0.4, -0.2) is 17.5 Å². The maximum Gasteiger partial charge on any atom is 0.282 e. The Labute approximate surface area is 108 Å². The Kier molecular flexibility index (Phi) is 4.94. The predicted molar refractivity (Wildman–Crippen MR) is 72.6 cm³/mol. The Hall–Kier alpha value is -0.890. The van der Waals surface area contributed by atoms with E-state index in [0.717, 1.165) is 18.7 Å². The van der Waals surface area contributed by atoms with Crippen molar-refractivity contribution in [3.63, 3.8) is 0 Å². The predicted octanol–water partition coefficient (Wildman–Crippen LogP) is 2.35. The van der Waals surface area contributed by atoms with Crippen molar-refractivity contribution < 1.29 is 4.92 Å². The van der Waals surface area contributed by atoms with Crippen LogP contribution in [0.1, 0.15) is 13.3 Å². The molecule has 16 heavy (non-hydrogen) atoms. The molecule has 0 aromatic heterocycles. The summed E-state index contributed by atoms with van der Waals surface area (Å²) in [5, 5.41) is 13.8. The van der Waals surface area contributed by atoms with Gasteiger partial charge in [-0.3, -0.25) is 10.1 Å². The van der Waals surface area contributed by atoms with Crippen molar-refractivity contribution in [2.45, 2.75) is 19.4 Å². The van der Waals surface area contributed by atoms with E-state index in [1.807, 2.05) is 29.5 Å². The van der Waals surface area contributed by atoms with Gasteiger partial charge in [-0.15, -0.1) is 0 Å². The highest BCUT2D eigenvalue weighted by molar-refractivity contribution is 14.1. The molecule has 1 rings (SSSR count). The van der Waals surface area contributed by atoms with Gasteiger partial charge in [0.15, 0.2) is 0 Å². The second kappa shape index (κ2) is 6.00. The molecule has 0 heterocycles. The molecule has 0 bridgehead atoms. The van der Waals surface area contributed by atoms with E-state index in [-0.39, 0.29) is 16.7 Å². The van der Waals surface area contributed by atoms with Gasteiger partial charge in [-0.2, -0.15) is 0 Å². The molecule has 1 unspecified atom stereocenters. The Morgan fingerprint density at radius 3 is 2.81 bits per heavy atom. The number of nitro groups is 1. The Balaban J connectivity index is 2.63. The van der Waals surface area contributed by atoms with Crippen molar-refractivity contribution in [1.29, 1.82) is 0 Å². The third-order valence-electron chi connectivity index (χ3n) is 2.07. The highest BCUT2D eigenvalue weighted by Gasteiger charge is 2.11. The Morgan fingerprint density at radius 1 is 1.62 bits per heavy atom. The number of hydrogen-bond acceptors (Lipinski definition) is 4. The molecule has 0 fully saturated rings. The fraction of sp³-hybridized carbons (Fsp3) is 0.400. The van der Waals surface area contributed by atoms with Crippen LogP contribution in [0.2, 0.25) is 0 Å². The van der Waals surface area contributed by atoms with Crippen molar-refractivity contribution in [2.24, 2.45) is 5.73 Å². The number of nitrogens with two attached hydrogens (primary N) is 1. The number of nitrogens with one attached hydrogen (secondary N) is 1. The summed E-state index contributed by atoms with van der Waals surface area (Å²) in [6.07, 6.45) is 0.869. The van der Waals surface area contributed by atoms with Gasteiger partial charge in [0.1, 0.15) is 0 Å². The fourth-order valence-corrected chi connectivity index (χ4v) is 1.92. The summed E-state index contributed by atoms with van der Waals surface area (Å²) in [6.45, 7) is 2.72. The molecule has 0 saturated heterocycles. The molecule has 5 nitrogen and oxygen atoms in total. The number of anilines is 1. The SMILES string of the molecule is CC(N)CCNc1ccc([N+](=O)[O-])c(I)c1. The average molecular weight is 335 g/mol. The monoisotopic (exact) mass is 335 g/mol. The van der Waals surface area contributed by atoms with Gasteiger partial charge in [0.25, 0.3) is 5.69 Å². The highest BCUT2D eigenvalue weighted by atomic mass is 127. The molecule has 1 aromatic rings. The van der Waals surface area contributed by atoms with Crippen LogP contribution in [0.5, 0.6) is 0 Å². The fourth-order valence-electron chi connectivity index (χ4n) is 1.21. The van der Waals surface area contributed by atoms with E-state index in [2.05, 4.69) is 5.32 Å². The zero-order valence-electron chi connectivity index (χ0n) is 8.94. The maximum atomic E-state index is 10.6. The summed E-state index contributed by atoms with van der Waals surface area (Å²) in [4.78, 5) is 10.2. The first-order valence-electron chi connectivity index (χ1n) is 4.94. The van der Waals surface area contributed by atoms with Gasteiger partial charge in [0, 0.05) is 24.3 Å². The smallest absolute Gasteiger partial charge is 0.282 e. The van der Waals surface area contributed by atoms with Crippen molar-refractivity contribution in [2.75, 3.05) is 11.9 Å². The maximum absolute atomic E-state index is 10.6. The summed E-state index contributed by atoms with van der Waals surface area (Å²) >= 11 is 1.96.